The summed E-state index contributed by atoms with van der Waals surface area (Å²) in [6.45, 7) is 1.64. The van der Waals surface area contributed by atoms with Crippen molar-refractivity contribution in [1.82, 2.24) is 10.3 Å². The monoisotopic (exact) mass is 294 g/mol. The van der Waals surface area contributed by atoms with E-state index in [0.717, 1.165) is 6.07 Å². The average Bonchev–Trinajstić information content (AvgIpc) is 2.83. The molecule has 0 fully saturated rings. The maximum atomic E-state index is 13.3. The van der Waals surface area contributed by atoms with Gasteiger partial charge in [-0.05, 0) is 13.0 Å². The minimum Gasteiger partial charge on any atom is -0.444 e. The van der Waals surface area contributed by atoms with E-state index in [2.05, 4.69) is 10.3 Å². The number of nitrogens with one attached hydrogen (secondary N) is 1. The number of nitrogens with zero attached hydrogens (tertiary/aromatic N) is 2. The minimum absolute atomic E-state index is 0.0452. The number of nitrogens with two attached hydrogens (primary N) is 1. The second-order valence-corrected chi connectivity index (χ2v) is 4.19. The number of nitrogen functional groups attached to an aromatic ring is 1. The van der Waals surface area contributed by atoms with Crippen LogP contribution in [0.3, 0.4) is 0 Å². The maximum Gasteiger partial charge on any atom is 0.295 e. The summed E-state index contributed by atoms with van der Waals surface area (Å²) in [4.78, 5) is 25.7. The van der Waals surface area contributed by atoms with Crippen molar-refractivity contribution in [2.24, 2.45) is 0 Å². The number of aromatic nitrogens is 1. The molecule has 0 unspecified atom stereocenters. The smallest absolute Gasteiger partial charge is 0.295 e. The third-order valence-electron chi connectivity index (χ3n) is 2.63. The van der Waals surface area contributed by atoms with Gasteiger partial charge in [0.2, 0.25) is 5.89 Å². The fourth-order valence-corrected chi connectivity index (χ4v) is 1.68. The van der Waals surface area contributed by atoms with Gasteiger partial charge in [0.05, 0.1) is 29.3 Å². The van der Waals surface area contributed by atoms with Gasteiger partial charge in [0, 0.05) is 0 Å². The Bertz CT molecular complexity index is 713. The lowest BCUT2D eigenvalue weighted by molar-refractivity contribution is -0.384. The number of amides is 1. The molecule has 0 saturated carbocycles. The number of nitro benzene ring substituents is 1. The Labute approximate surface area is 117 Å². The van der Waals surface area contributed by atoms with Crippen LogP contribution in [0.1, 0.15) is 22.0 Å². The van der Waals surface area contributed by atoms with Gasteiger partial charge >= 0.3 is 0 Å². The molecule has 0 bridgehead atoms. The zero-order valence-corrected chi connectivity index (χ0v) is 10.9. The third-order valence-corrected chi connectivity index (χ3v) is 2.63. The van der Waals surface area contributed by atoms with Crippen molar-refractivity contribution in [3.05, 3.63) is 51.5 Å². The summed E-state index contributed by atoms with van der Waals surface area (Å²) in [5.41, 5.74) is 4.14. The van der Waals surface area contributed by atoms with E-state index in [4.69, 9.17) is 10.2 Å². The largest absolute Gasteiger partial charge is 0.444 e. The molecule has 0 saturated heterocycles. The quantitative estimate of drug-likeness (QED) is 0.500. The predicted octanol–water partition coefficient (Wildman–Crippen LogP) is 1.54. The summed E-state index contributed by atoms with van der Waals surface area (Å²) < 4.78 is 18.5. The molecule has 9 heteroatoms. The normalized spacial score (nSPS) is 10.4. The third kappa shape index (κ3) is 3.14. The van der Waals surface area contributed by atoms with Crippen LogP contribution < -0.4 is 11.1 Å². The van der Waals surface area contributed by atoms with Gasteiger partial charge in [-0.2, -0.15) is 0 Å². The summed E-state index contributed by atoms with van der Waals surface area (Å²) >= 11 is 0. The van der Waals surface area contributed by atoms with Gasteiger partial charge in [-0.25, -0.2) is 9.37 Å². The first-order chi connectivity index (χ1) is 9.88. The lowest BCUT2D eigenvalue weighted by Crippen LogP contribution is -2.24. The SMILES string of the molecule is Cc1cnc(CNC(=O)c2cc(F)cc([N+](=O)[O-])c2N)o1. The molecule has 1 amide bonds. The summed E-state index contributed by atoms with van der Waals surface area (Å²) in [5, 5.41) is 13.1. The van der Waals surface area contributed by atoms with E-state index in [0.29, 0.717) is 11.8 Å². The van der Waals surface area contributed by atoms with Crippen molar-refractivity contribution in [1.29, 1.82) is 0 Å². The highest BCUT2D eigenvalue weighted by atomic mass is 19.1. The maximum absolute atomic E-state index is 13.3. The van der Waals surface area contributed by atoms with Crippen LogP contribution in [0.2, 0.25) is 0 Å². The molecule has 1 heterocycles. The Morgan fingerprint density at radius 3 is 2.86 bits per heavy atom. The molecule has 2 rings (SSSR count). The number of halogens is 1. The lowest BCUT2D eigenvalue weighted by Gasteiger charge is -2.06. The Kier molecular flexibility index (Phi) is 3.83. The topological polar surface area (TPSA) is 124 Å². The summed E-state index contributed by atoms with van der Waals surface area (Å²) in [7, 11) is 0. The van der Waals surface area contributed by atoms with Crippen LogP contribution in [0.15, 0.2) is 22.7 Å². The molecule has 8 nitrogen and oxygen atoms in total. The van der Waals surface area contributed by atoms with Crippen LogP contribution >= 0.6 is 0 Å². The summed E-state index contributed by atoms with van der Waals surface area (Å²) in [6.07, 6.45) is 1.48. The number of hydrogen-bond donors (Lipinski definition) is 2. The van der Waals surface area contributed by atoms with Crippen molar-refractivity contribution in [2.45, 2.75) is 13.5 Å². The van der Waals surface area contributed by atoms with Gasteiger partial charge in [-0.15, -0.1) is 0 Å². The number of carbonyl (C=O) groups excluding carboxylic acids is 1. The molecule has 21 heavy (non-hydrogen) atoms. The summed E-state index contributed by atoms with van der Waals surface area (Å²) in [6, 6.07) is 1.49. The van der Waals surface area contributed by atoms with Crippen molar-refractivity contribution < 1.29 is 18.5 Å². The number of nitro groups is 1. The predicted molar refractivity (Wildman–Crippen MR) is 69.9 cm³/mol. The lowest BCUT2D eigenvalue weighted by atomic mass is 10.1. The molecule has 0 aliphatic carbocycles. The van der Waals surface area contributed by atoms with Crippen LogP contribution in [0.4, 0.5) is 15.8 Å². The van der Waals surface area contributed by atoms with Crippen LogP contribution in [-0.2, 0) is 6.54 Å². The van der Waals surface area contributed by atoms with E-state index in [-0.39, 0.29) is 18.0 Å². The molecule has 0 atom stereocenters. The van der Waals surface area contributed by atoms with Crippen LogP contribution in [-0.4, -0.2) is 15.8 Å². The van der Waals surface area contributed by atoms with Gasteiger partial charge < -0.3 is 15.5 Å². The first-order valence-corrected chi connectivity index (χ1v) is 5.81. The van der Waals surface area contributed by atoms with Gasteiger partial charge in [0.15, 0.2) is 0 Å². The summed E-state index contributed by atoms with van der Waals surface area (Å²) in [5.74, 6) is -0.857. The van der Waals surface area contributed by atoms with Crippen molar-refractivity contribution in [3.63, 3.8) is 0 Å². The Balaban J connectivity index is 2.21. The second-order valence-electron chi connectivity index (χ2n) is 4.19. The molecule has 1 aromatic heterocycles. The molecule has 110 valence electrons. The highest BCUT2D eigenvalue weighted by Gasteiger charge is 2.21. The fraction of sp³-hybridized carbons (Fsp3) is 0.167. The van der Waals surface area contributed by atoms with E-state index in [1.54, 1.807) is 6.92 Å². The molecular weight excluding hydrogens is 283 g/mol. The first-order valence-electron chi connectivity index (χ1n) is 5.81. The van der Waals surface area contributed by atoms with E-state index in [1.165, 1.54) is 6.20 Å². The molecule has 3 N–H and O–H groups in total. The first kappa shape index (κ1) is 14.4. The highest BCUT2D eigenvalue weighted by molar-refractivity contribution is 6.00. The fourth-order valence-electron chi connectivity index (χ4n) is 1.68. The number of carbonyl (C=O) groups is 1. The van der Waals surface area contributed by atoms with Gasteiger partial charge in [-0.1, -0.05) is 0 Å². The molecule has 1 aromatic carbocycles. The van der Waals surface area contributed by atoms with E-state index in [1.807, 2.05) is 0 Å². The van der Waals surface area contributed by atoms with Gasteiger partial charge in [0.1, 0.15) is 17.3 Å². The van der Waals surface area contributed by atoms with E-state index >= 15 is 0 Å². The molecule has 0 spiro atoms. The van der Waals surface area contributed by atoms with Crippen molar-refractivity contribution >= 4 is 17.3 Å². The number of rotatable bonds is 4. The van der Waals surface area contributed by atoms with E-state index in [9.17, 15) is 19.3 Å². The Morgan fingerprint density at radius 1 is 1.57 bits per heavy atom. The van der Waals surface area contributed by atoms with Crippen LogP contribution in [0.5, 0.6) is 0 Å². The van der Waals surface area contributed by atoms with Crippen LogP contribution in [0, 0.1) is 22.9 Å². The molecular formula is C12H11FN4O4. The second kappa shape index (κ2) is 5.57. The van der Waals surface area contributed by atoms with Gasteiger partial charge in [0.25, 0.3) is 11.6 Å². The number of aryl methyl sites for hydroxylation is 1. The number of anilines is 1. The molecule has 0 aliphatic rings. The highest BCUT2D eigenvalue weighted by Crippen LogP contribution is 2.26. The zero-order chi connectivity index (χ0) is 15.6. The number of oxazole rings is 1. The standard InChI is InChI=1S/C12H11FN4O4/c1-6-4-15-10(21-6)5-16-12(18)8-2-7(13)3-9(11(8)14)17(19)20/h2-4H,5,14H2,1H3,(H,16,18). The molecule has 0 radical (unpaired) electrons. The zero-order valence-electron chi connectivity index (χ0n) is 10.9. The Hall–Kier alpha value is -2.97. The molecule has 0 aliphatic heterocycles. The minimum atomic E-state index is -0.923. The number of hydrogen-bond acceptors (Lipinski definition) is 6. The van der Waals surface area contributed by atoms with Crippen LogP contribution in [0.25, 0.3) is 0 Å². The molecule has 2 aromatic rings. The average molecular weight is 294 g/mol. The van der Waals surface area contributed by atoms with Crippen molar-refractivity contribution in [2.75, 3.05) is 5.73 Å². The van der Waals surface area contributed by atoms with E-state index < -0.39 is 28.0 Å². The van der Waals surface area contributed by atoms with Crippen molar-refractivity contribution in [3.8, 4) is 0 Å². The Morgan fingerprint density at radius 2 is 2.29 bits per heavy atom. The van der Waals surface area contributed by atoms with Gasteiger partial charge in [-0.3, -0.25) is 14.9 Å². The number of benzene rings is 1.